The average Bonchev–Trinajstić information content (AvgIpc) is 3.29. The molecule has 1 saturated carbocycles. The molecule has 1 aliphatic heterocycles. The molecule has 6 nitrogen and oxygen atoms in total. The van der Waals surface area contributed by atoms with Crippen molar-refractivity contribution < 1.29 is 9.90 Å². The van der Waals surface area contributed by atoms with Gasteiger partial charge in [-0.2, -0.15) is 5.10 Å². The van der Waals surface area contributed by atoms with Gasteiger partial charge in [-0.05, 0) is 43.7 Å². The number of aromatic nitrogens is 2. The predicted molar refractivity (Wildman–Crippen MR) is 100 cm³/mol. The van der Waals surface area contributed by atoms with Crippen molar-refractivity contribution in [1.29, 1.82) is 0 Å². The highest BCUT2D eigenvalue weighted by molar-refractivity contribution is 6.00. The Kier molecular flexibility index (Phi) is 4.68. The molecule has 1 atom stereocenters. The van der Waals surface area contributed by atoms with E-state index in [0.29, 0.717) is 12.8 Å². The lowest BCUT2D eigenvalue weighted by Gasteiger charge is -2.37. The summed E-state index contributed by atoms with van der Waals surface area (Å²) in [5.74, 6) is 0.194. The summed E-state index contributed by atoms with van der Waals surface area (Å²) in [5, 5.41) is 17.2. The summed E-state index contributed by atoms with van der Waals surface area (Å²) in [6.45, 7) is 2.01. The molecule has 1 aromatic heterocycles. The number of carbonyl (C=O) groups is 1. The number of benzene rings is 1. The van der Waals surface area contributed by atoms with Crippen LogP contribution in [0.5, 0.6) is 0 Å². The summed E-state index contributed by atoms with van der Waals surface area (Å²) in [6, 6.07) is 7.73. The number of hydrogen-bond acceptors (Lipinski definition) is 4. The highest BCUT2D eigenvalue weighted by Crippen LogP contribution is 2.38. The third-order valence-corrected chi connectivity index (χ3v) is 5.59. The van der Waals surface area contributed by atoms with Gasteiger partial charge in [-0.25, -0.2) is 0 Å². The highest BCUT2D eigenvalue weighted by Gasteiger charge is 2.36. The number of aliphatic hydroxyl groups is 1. The largest absolute Gasteiger partial charge is 0.393 e. The Bertz CT molecular complexity index is 776. The molecular weight excluding hydrogens is 328 g/mol. The number of para-hydroxylation sites is 1. The van der Waals surface area contributed by atoms with Gasteiger partial charge in [0, 0.05) is 37.6 Å². The number of nitrogens with one attached hydrogen (secondary N) is 1. The van der Waals surface area contributed by atoms with Crippen molar-refractivity contribution in [2.45, 2.75) is 37.8 Å². The third kappa shape index (κ3) is 3.33. The van der Waals surface area contributed by atoms with Gasteiger partial charge in [0.1, 0.15) is 0 Å². The molecule has 0 bridgehead atoms. The molecule has 1 saturated heterocycles. The SMILES string of the molecule is Cn1cc([C@H](NC(=O)c2ccccc2N2CCCC2)C2CC(O)C2)cn1. The molecule has 2 fully saturated rings. The Balaban J connectivity index is 1.57. The van der Waals surface area contributed by atoms with Crippen LogP contribution in [-0.2, 0) is 7.05 Å². The van der Waals surface area contributed by atoms with Crippen LogP contribution in [0.1, 0.15) is 47.6 Å². The van der Waals surface area contributed by atoms with E-state index in [2.05, 4.69) is 15.3 Å². The molecule has 2 aromatic rings. The zero-order valence-corrected chi connectivity index (χ0v) is 15.1. The first-order valence-corrected chi connectivity index (χ1v) is 9.43. The molecule has 138 valence electrons. The Hall–Kier alpha value is -2.34. The van der Waals surface area contributed by atoms with Crippen molar-refractivity contribution in [2.24, 2.45) is 13.0 Å². The van der Waals surface area contributed by atoms with Crippen molar-refractivity contribution in [2.75, 3.05) is 18.0 Å². The van der Waals surface area contributed by atoms with E-state index in [1.807, 2.05) is 43.7 Å². The lowest BCUT2D eigenvalue weighted by molar-refractivity contribution is 0.0235. The van der Waals surface area contributed by atoms with Gasteiger partial charge in [-0.3, -0.25) is 9.48 Å². The minimum absolute atomic E-state index is 0.0530. The van der Waals surface area contributed by atoms with E-state index in [9.17, 15) is 9.90 Å². The summed E-state index contributed by atoms with van der Waals surface area (Å²) in [4.78, 5) is 15.4. The van der Waals surface area contributed by atoms with E-state index < -0.39 is 0 Å². The number of nitrogens with zero attached hydrogens (tertiary/aromatic N) is 3. The van der Waals surface area contributed by atoms with Crippen LogP contribution in [0.2, 0.25) is 0 Å². The highest BCUT2D eigenvalue weighted by atomic mass is 16.3. The number of amides is 1. The van der Waals surface area contributed by atoms with E-state index in [-0.39, 0.29) is 24.0 Å². The molecule has 4 rings (SSSR count). The lowest BCUT2D eigenvalue weighted by atomic mass is 9.75. The van der Waals surface area contributed by atoms with Crippen molar-refractivity contribution in [1.82, 2.24) is 15.1 Å². The molecule has 1 aliphatic carbocycles. The van der Waals surface area contributed by atoms with Crippen LogP contribution in [0.3, 0.4) is 0 Å². The molecule has 0 unspecified atom stereocenters. The van der Waals surface area contributed by atoms with Gasteiger partial charge in [-0.1, -0.05) is 12.1 Å². The quantitative estimate of drug-likeness (QED) is 0.864. The van der Waals surface area contributed by atoms with Crippen LogP contribution in [0, 0.1) is 5.92 Å². The van der Waals surface area contributed by atoms with Gasteiger partial charge < -0.3 is 15.3 Å². The third-order valence-electron chi connectivity index (χ3n) is 5.59. The predicted octanol–water partition coefficient (Wildman–Crippen LogP) is 2.26. The van der Waals surface area contributed by atoms with Crippen molar-refractivity contribution >= 4 is 11.6 Å². The smallest absolute Gasteiger partial charge is 0.253 e. The molecule has 2 heterocycles. The van der Waals surface area contributed by atoms with E-state index >= 15 is 0 Å². The Morgan fingerprint density at radius 1 is 1.27 bits per heavy atom. The van der Waals surface area contributed by atoms with Crippen LogP contribution in [-0.4, -0.2) is 40.0 Å². The minimum atomic E-state index is -0.257. The van der Waals surface area contributed by atoms with Crippen LogP contribution in [0.25, 0.3) is 0 Å². The monoisotopic (exact) mass is 354 g/mol. The fourth-order valence-electron chi connectivity index (χ4n) is 4.09. The van der Waals surface area contributed by atoms with Gasteiger partial charge in [0.2, 0.25) is 0 Å². The molecule has 2 N–H and O–H groups in total. The first-order chi connectivity index (χ1) is 12.6. The summed E-state index contributed by atoms with van der Waals surface area (Å²) in [6.07, 6.45) is 7.28. The summed E-state index contributed by atoms with van der Waals surface area (Å²) >= 11 is 0. The van der Waals surface area contributed by atoms with Gasteiger partial charge in [0.15, 0.2) is 0 Å². The maximum absolute atomic E-state index is 13.1. The molecule has 6 heteroatoms. The topological polar surface area (TPSA) is 70.4 Å². The average molecular weight is 354 g/mol. The second-order valence-corrected chi connectivity index (χ2v) is 7.50. The summed E-state index contributed by atoms with van der Waals surface area (Å²) in [5.41, 5.74) is 2.74. The molecular formula is C20H26N4O2. The van der Waals surface area contributed by atoms with E-state index in [1.54, 1.807) is 4.68 Å². The van der Waals surface area contributed by atoms with Crippen molar-refractivity contribution in [3.05, 3.63) is 47.8 Å². The standard InChI is InChI=1S/C20H26N4O2/c1-23-13-15(12-21-23)19(14-10-16(25)11-14)22-20(26)17-6-2-3-7-18(17)24-8-4-5-9-24/h2-3,6-7,12-14,16,19,25H,4-5,8-11H2,1H3,(H,22,26)/t14?,16?,19-/m1/s1. The minimum Gasteiger partial charge on any atom is -0.393 e. The van der Waals surface area contributed by atoms with Crippen LogP contribution in [0.4, 0.5) is 5.69 Å². The number of aliphatic hydroxyl groups excluding tert-OH is 1. The Labute approximate surface area is 153 Å². The second kappa shape index (κ2) is 7.11. The van der Waals surface area contributed by atoms with Crippen molar-refractivity contribution in [3.8, 4) is 0 Å². The van der Waals surface area contributed by atoms with Crippen LogP contribution in [0.15, 0.2) is 36.7 Å². The van der Waals surface area contributed by atoms with Crippen molar-refractivity contribution in [3.63, 3.8) is 0 Å². The Morgan fingerprint density at radius 2 is 2.00 bits per heavy atom. The molecule has 1 amide bonds. The number of carbonyl (C=O) groups excluding carboxylic acids is 1. The van der Waals surface area contributed by atoms with Gasteiger partial charge in [0.05, 0.1) is 23.9 Å². The number of anilines is 1. The second-order valence-electron chi connectivity index (χ2n) is 7.50. The first-order valence-electron chi connectivity index (χ1n) is 9.43. The van der Waals surface area contributed by atoms with Gasteiger partial charge in [-0.15, -0.1) is 0 Å². The molecule has 26 heavy (non-hydrogen) atoms. The van der Waals surface area contributed by atoms with Crippen LogP contribution < -0.4 is 10.2 Å². The normalized spacial score (nSPS) is 23.5. The molecule has 1 aromatic carbocycles. The maximum atomic E-state index is 13.1. The van der Waals surface area contributed by atoms with Crippen LogP contribution >= 0.6 is 0 Å². The molecule has 0 spiro atoms. The zero-order valence-electron chi connectivity index (χ0n) is 15.1. The van der Waals surface area contributed by atoms with E-state index in [4.69, 9.17) is 0 Å². The van der Waals surface area contributed by atoms with Gasteiger partial charge >= 0.3 is 0 Å². The van der Waals surface area contributed by atoms with E-state index in [1.165, 1.54) is 12.8 Å². The Morgan fingerprint density at radius 3 is 2.65 bits per heavy atom. The first kappa shape index (κ1) is 17.1. The number of hydrogen-bond donors (Lipinski definition) is 2. The van der Waals surface area contributed by atoms with E-state index in [0.717, 1.165) is 29.9 Å². The zero-order chi connectivity index (χ0) is 18.1. The lowest BCUT2D eigenvalue weighted by Crippen LogP contribution is -2.41. The van der Waals surface area contributed by atoms with Gasteiger partial charge in [0.25, 0.3) is 5.91 Å². The fourth-order valence-corrected chi connectivity index (χ4v) is 4.09. The summed E-state index contributed by atoms with van der Waals surface area (Å²) in [7, 11) is 1.88. The number of rotatable bonds is 5. The molecule has 2 aliphatic rings. The number of aryl methyl sites for hydroxylation is 1. The maximum Gasteiger partial charge on any atom is 0.253 e. The molecule has 0 radical (unpaired) electrons. The fraction of sp³-hybridized carbons (Fsp3) is 0.500. The summed E-state index contributed by atoms with van der Waals surface area (Å²) < 4.78 is 1.75.